The normalized spacial score (nSPS) is 10.6. The van der Waals surface area contributed by atoms with E-state index in [2.05, 4.69) is 17.1 Å². The maximum absolute atomic E-state index is 12.3. The van der Waals surface area contributed by atoms with E-state index in [1.807, 2.05) is 48.5 Å². The SMILES string of the molecule is C=CCOc1cccc(/C=N\NC(=O)c2ccc(OCc3ccc(Cl)cc3)cc2)c1. The van der Waals surface area contributed by atoms with Crippen molar-refractivity contribution in [3.63, 3.8) is 0 Å². The van der Waals surface area contributed by atoms with E-state index >= 15 is 0 Å². The molecule has 0 aliphatic heterocycles. The van der Waals surface area contributed by atoms with E-state index in [4.69, 9.17) is 21.1 Å². The van der Waals surface area contributed by atoms with Crippen LogP contribution >= 0.6 is 11.6 Å². The number of hydrogen-bond acceptors (Lipinski definition) is 4. The number of benzene rings is 3. The summed E-state index contributed by atoms with van der Waals surface area (Å²) < 4.78 is 11.2. The molecule has 0 fully saturated rings. The summed E-state index contributed by atoms with van der Waals surface area (Å²) in [7, 11) is 0. The summed E-state index contributed by atoms with van der Waals surface area (Å²) in [6.07, 6.45) is 3.23. The zero-order valence-corrected chi connectivity index (χ0v) is 17.0. The van der Waals surface area contributed by atoms with Gasteiger partial charge in [0.15, 0.2) is 0 Å². The quantitative estimate of drug-likeness (QED) is 0.292. The van der Waals surface area contributed by atoms with Gasteiger partial charge in [-0.1, -0.05) is 48.5 Å². The lowest BCUT2D eigenvalue weighted by Gasteiger charge is -2.07. The zero-order valence-electron chi connectivity index (χ0n) is 16.3. The number of amides is 1. The van der Waals surface area contributed by atoms with Gasteiger partial charge in [-0.2, -0.15) is 5.10 Å². The third-order valence-corrected chi connectivity index (χ3v) is 4.29. The van der Waals surface area contributed by atoms with Gasteiger partial charge in [0.2, 0.25) is 0 Å². The first-order chi connectivity index (χ1) is 14.6. The number of ether oxygens (including phenoxy) is 2. The van der Waals surface area contributed by atoms with Crippen molar-refractivity contribution in [2.75, 3.05) is 6.61 Å². The molecule has 3 aromatic rings. The molecular weight excluding hydrogens is 400 g/mol. The van der Waals surface area contributed by atoms with Crippen LogP contribution in [-0.4, -0.2) is 18.7 Å². The molecule has 0 radical (unpaired) electrons. The van der Waals surface area contributed by atoms with Gasteiger partial charge in [-0.3, -0.25) is 4.79 Å². The molecule has 0 saturated carbocycles. The Kier molecular flexibility index (Phi) is 7.64. The van der Waals surface area contributed by atoms with Crippen molar-refractivity contribution >= 4 is 23.7 Å². The second-order valence-corrected chi connectivity index (χ2v) is 6.75. The Morgan fingerprint density at radius 2 is 1.77 bits per heavy atom. The fraction of sp³-hybridized carbons (Fsp3) is 0.0833. The molecular formula is C24H21ClN2O3. The third kappa shape index (κ3) is 6.50. The lowest BCUT2D eigenvalue weighted by atomic mass is 10.2. The highest BCUT2D eigenvalue weighted by molar-refractivity contribution is 6.30. The molecule has 0 unspecified atom stereocenters. The summed E-state index contributed by atoms with van der Waals surface area (Å²) in [5.41, 5.74) is 4.81. The van der Waals surface area contributed by atoms with Crippen LogP contribution in [0.15, 0.2) is 90.6 Å². The Labute approximate surface area is 180 Å². The molecule has 1 N–H and O–H groups in total. The molecule has 1 amide bonds. The van der Waals surface area contributed by atoms with E-state index in [0.29, 0.717) is 35.3 Å². The molecule has 30 heavy (non-hydrogen) atoms. The van der Waals surface area contributed by atoms with E-state index in [0.717, 1.165) is 11.1 Å². The number of carbonyl (C=O) groups is 1. The Morgan fingerprint density at radius 1 is 1.00 bits per heavy atom. The minimum Gasteiger partial charge on any atom is -0.490 e. The molecule has 3 rings (SSSR count). The van der Waals surface area contributed by atoms with Gasteiger partial charge in [0.1, 0.15) is 24.7 Å². The third-order valence-electron chi connectivity index (χ3n) is 4.04. The fourth-order valence-corrected chi connectivity index (χ4v) is 2.65. The molecule has 0 bridgehead atoms. The Balaban J connectivity index is 1.51. The average molecular weight is 421 g/mol. The molecule has 5 nitrogen and oxygen atoms in total. The second-order valence-electron chi connectivity index (χ2n) is 6.31. The average Bonchev–Trinajstić information content (AvgIpc) is 2.78. The van der Waals surface area contributed by atoms with Crippen molar-refractivity contribution in [2.45, 2.75) is 6.61 Å². The molecule has 6 heteroatoms. The predicted molar refractivity (Wildman–Crippen MR) is 119 cm³/mol. The molecule has 0 aliphatic rings. The van der Waals surface area contributed by atoms with E-state index in [1.165, 1.54) is 0 Å². The lowest BCUT2D eigenvalue weighted by Crippen LogP contribution is -2.17. The predicted octanol–water partition coefficient (Wildman–Crippen LogP) is 5.25. The van der Waals surface area contributed by atoms with E-state index < -0.39 is 0 Å². The summed E-state index contributed by atoms with van der Waals surface area (Å²) in [6.45, 7) is 4.46. The molecule has 0 heterocycles. The maximum atomic E-state index is 12.3. The summed E-state index contributed by atoms with van der Waals surface area (Å²) in [6, 6.07) is 21.7. The van der Waals surface area contributed by atoms with Crippen LogP contribution in [0.2, 0.25) is 5.02 Å². The first-order valence-electron chi connectivity index (χ1n) is 9.28. The highest BCUT2D eigenvalue weighted by atomic mass is 35.5. The Morgan fingerprint density at radius 3 is 2.50 bits per heavy atom. The van der Waals surface area contributed by atoms with Crippen molar-refractivity contribution in [3.8, 4) is 11.5 Å². The van der Waals surface area contributed by atoms with Crippen LogP contribution in [-0.2, 0) is 6.61 Å². The number of halogens is 1. The van der Waals surface area contributed by atoms with Gasteiger partial charge in [0.25, 0.3) is 5.91 Å². The molecule has 3 aromatic carbocycles. The van der Waals surface area contributed by atoms with E-state index in [-0.39, 0.29) is 5.91 Å². The molecule has 0 saturated heterocycles. The minimum atomic E-state index is -0.311. The number of nitrogens with zero attached hydrogens (tertiary/aromatic N) is 1. The molecule has 0 aromatic heterocycles. The van der Waals surface area contributed by atoms with Crippen molar-refractivity contribution in [1.29, 1.82) is 0 Å². The minimum absolute atomic E-state index is 0.311. The van der Waals surface area contributed by atoms with Crippen molar-refractivity contribution in [3.05, 3.63) is 107 Å². The van der Waals surface area contributed by atoms with Gasteiger partial charge in [0.05, 0.1) is 6.21 Å². The van der Waals surface area contributed by atoms with Gasteiger partial charge in [0, 0.05) is 10.6 Å². The van der Waals surface area contributed by atoms with Crippen molar-refractivity contribution in [2.24, 2.45) is 5.10 Å². The summed E-state index contributed by atoms with van der Waals surface area (Å²) in [5, 5.41) is 4.69. The van der Waals surface area contributed by atoms with Crippen LogP contribution < -0.4 is 14.9 Å². The van der Waals surface area contributed by atoms with Crippen LogP contribution in [0, 0.1) is 0 Å². The van der Waals surface area contributed by atoms with Crippen molar-refractivity contribution in [1.82, 2.24) is 5.43 Å². The van der Waals surface area contributed by atoms with Gasteiger partial charge < -0.3 is 9.47 Å². The molecule has 0 atom stereocenters. The van der Waals surface area contributed by atoms with Crippen LogP contribution in [0.5, 0.6) is 11.5 Å². The van der Waals surface area contributed by atoms with Gasteiger partial charge in [-0.15, -0.1) is 0 Å². The topological polar surface area (TPSA) is 59.9 Å². The fourth-order valence-electron chi connectivity index (χ4n) is 2.52. The van der Waals surface area contributed by atoms with Crippen LogP contribution in [0.3, 0.4) is 0 Å². The monoisotopic (exact) mass is 420 g/mol. The number of rotatable bonds is 9. The highest BCUT2D eigenvalue weighted by Crippen LogP contribution is 2.16. The second kappa shape index (κ2) is 10.8. The number of nitrogens with one attached hydrogen (secondary N) is 1. The standard InChI is InChI=1S/C24H21ClN2O3/c1-2-14-29-23-5-3-4-19(15-23)16-26-27-24(28)20-8-12-22(13-9-20)30-17-18-6-10-21(25)11-7-18/h2-13,15-16H,1,14,17H2,(H,27,28)/b26-16-. The molecule has 152 valence electrons. The van der Waals surface area contributed by atoms with Gasteiger partial charge in [-0.25, -0.2) is 5.43 Å². The van der Waals surface area contributed by atoms with Gasteiger partial charge in [-0.05, 0) is 59.7 Å². The van der Waals surface area contributed by atoms with E-state index in [9.17, 15) is 4.79 Å². The molecule has 0 aliphatic carbocycles. The zero-order chi connectivity index (χ0) is 21.2. The number of carbonyl (C=O) groups excluding carboxylic acids is 1. The molecule has 0 spiro atoms. The first-order valence-corrected chi connectivity index (χ1v) is 9.66. The lowest BCUT2D eigenvalue weighted by molar-refractivity contribution is 0.0955. The highest BCUT2D eigenvalue weighted by Gasteiger charge is 2.05. The summed E-state index contributed by atoms with van der Waals surface area (Å²) in [4.78, 5) is 12.3. The van der Waals surface area contributed by atoms with E-state index in [1.54, 1.807) is 36.6 Å². The first kappa shape index (κ1) is 21.1. The summed E-state index contributed by atoms with van der Waals surface area (Å²) in [5.74, 6) is 1.07. The smallest absolute Gasteiger partial charge is 0.271 e. The van der Waals surface area contributed by atoms with Crippen LogP contribution in [0.1, 0.15) is 21.5 Å². The maximum Gasteiger partial charge on any atom is 0.271 e. The van der Waals surface area contributed by atoms with Crippen molar-refractivity contribution < 1.29 is 14.3 Å². The Bertz CT molecular complexity index is 1020. The summed E-state index contributed by atoms with van der Waals surface area (Å²) >= 11 is 5.87. The van der Waals surface area contributed by atoms with Crippen LogP contribution in [0.4, 0.5) is 0 Å². The number of hydrazone groups is 1. The largest absolute Gasteiger partial charge is 0.490 e. The Hall–Kier alpha value is -3.57. The van der Waals surface area contributed by atoms with Gasteiger partial charge >= 0.3 is 0 Å². The van der Waals surface area contributed by atoms with Crippen LogP contribution in [0.25, 0.3) is 0 Å². The number of hydrogen-bond donors (Lipinski definition) is 1.